The van der Waals surface area contributed by atoms with Crippen LogP contribution in [0.4, 0.5) is 0 Å². The molecule has 0 aliphatic heterocycles. The molecule has 0 aromatic heterocycles. The maximum Gasteiger partial charge on any atom is 0.0791 e. The van der Waals surface area contributed by atoms with Crippen molar-refractivity contribution in [3.63, 3.8) is 0 Å². The minimum Gasteiger partial charge on any atom is -0.392 e. The highest BCUT2D eigenvalue weighted by Crippen LogP contribution is 2.40. The molecule has 0 heterocycles. The molecule has 1 nitrogen and oxygen atoms in total. The van der Waals surface area contributed by atoms with Crippen molar-refractivity contribution in [1.82, 2.24) is 0 Å². The number of aliphatic hydroxyl groups excluding tert-OH is 1. The highest BCUT2D eigenvalue weighted by Gasteiger charge is 2.34. The van der Waals surface area contributed by atoms with Crippen LogP contribution in [0.2, 0.25) is 0 Å². The molecule has 0 saturated carbocycles. The normalized spacial score (nSPS) is 26.5. The topological polar surface area (TPSA) is 20.2 Å². The van der Waals surface area contributed by atoms with Crippen molar-refractivity contribution in [2.24, 2.45) is 0 Å². The van der Waals surface area contributed by atoms with Crippen LogP contribution >= 0.6 is 31.9 Å². The van der Waals surface area contributed by atoms with E-state index >= 15 is 0 Å². The molecule has 1 aromatic rings. The van der Waals surface area contributed by atoms with Crippen LogP contribution < -0.4 is 0 Å². The van der Waals surface area contributed by atoms with Gasteiger partial charge in [0.1, 0.15) is 0 Å². The third-order valence-corrected chi connectivity index (χ3v) is 3.67. The van der Waals surface area contributed by atoms with E-state index in [0.29, 0.717) is 0 Å². The zero-order valence-electron chi connectivity index (χ0n) is 6.95. The average molecular weight is 306 g/mol. The molecule has 1 N–H and O–H groups in total. The lowest BCUT2D eigenvalue weighted by atomic mass is 10.0. The fourth-order valence-electron chi connectivity index (χ4n) is 1.91. The molecule has 0 saturated heterocycles. The smallest absolute Gasteiger partial charge is 0.0791 e. The van der Waals surface area contributed by atoms with E-state index < -0.39 is 0 Å². The molecule has 1 aromatic carbocycles. The van der Waals surface area contributed by atoms with Gasteiger partial charge in [-0.25, -0.2) is 0 Å². The molecule has 1 aliphatic carbocycles. The summed E-state index contributed by atoms with van der Waals surface area (Å²) < 4.78 is 0.152. The van der Waals surface area contributed by atoms with Crippen LogP contribution in [-0.2, 0) is 6.42 Å². The van der Waals surface area contributed by atoms with Crippen molar-refractivity contribution >= 4 is 31.9 Å². The first kappa shape index (κ1) is 9.69. The van der Waals surface area contributed by atoms with Crippen LogP contribution in [0.5, 0.6) is 0 Å². The van der Waals surface area contributed by atoms with Crippen LogP contribution in [-0.4, -0.2) is 14.9 Å². The monoisotopic (exact) mass is 304 g/mol. The van der Waals surface area contributed by atoms with Crippen LogP contribution in [0.3, 0.4) is 0 Å². The molecule has 0 unspecified atom stereocenters. The van der Waals surface area contributed by atoms with Crippen molar-refractivity contribution < 1.29 is 5.11 Å². The van der Waals surface area contributed by atoms with E-state index in [1.54, 1.807) is 0 Å². The molecule has 0 bridgehead atoms. The molecule has 13 heavy (non-hydrogen) atoms. The van der Waals surface area contributed by atoms with Crippen LogP contribution in [0.15, 0.2) is 24.3 Å². The van der Waals surface area contributed by atoms with Gasteiger partial charge in [-0.05, 0) is 17.5 Å². The van der Waals surface area contributed by atoms with Gasteiger partial charge in [-0.3, -0.25) is 0 Å². The first-order valence-corrected chi connectivity index (χ1v) is 6.07. The van der Waals surface area contributed by atoms with Crippen molar-refractivity contribution in [2.45, 2.75) is 22.2 Å². The largest absolute Gasteiger partial charge is 0.392 e. The predicted octanol–water partition coefficient (Wildman–Crippen LogP) is 2.80. The fraction of sp³-hybridized carbons (Fsp3) is 0.400. The Kier molecular flexibility index (Phi) is 2.77. The lowest BCUT2D eigenvalue weighted by Crippen LogP contribution is -2.18. The lowest BCUT2D eigenvalue weighted by molar-refractivity contribution is 0.163. The number of hydrogen-bond acceptors (Lipinski definition) is 1. The highest BCUT2D eigenvalue weighted by atomic mass is 79.9. The summed E-state index contributed by atoms with van der Waals surface area (Å²) in [6, 6.07) is 8.21. The fourth-order valence-corrected chi connectivity index (χ4v) is 3.18. The Hall–Kier alpha value is 0.140. The van der Waals surface area contributed by atoms with Gasteiger partial charge in [0.05, 0.1) is 9.84 Å². The number of halogens is 2. The SMILES string of the molecule is O[C@H]1Cc2ccccc2[C@@H]1C(Br)Br. The highest BCUT2D eigenvalue weighted by molar-refractivity contribution is 9.24. The van der Waals surface area contributed by atoms with Crippen molar-refractivity contribution in [3.8, 4) is 0 Å². The molecular weight excluding hydrogens is 296 g/mol. The zero-order chi connectivity index (χ0) is 9.42. The van der Waals surface area contributed by atoms with E-state index in [0.717, 1.165) is 6.42 Å². The molecular formula is C10H10Br2O. The number of rotatable bonds is 1. The molecule has 0 radical (unpaired) electrons. The minimum atomic E-state index is -0.263. The summed E-state index contributed by atoms with van der Waals surface area (Å²) in [6.07, 6.45) is 0.510. The predicted molar refractivity (Wildman–Crippen MR) is 60.5 cm³/mol. The molecule has 0 fully saturated rings. The Balaban J connectivity index is 2.40. The second-order valence-electron chi connectivity index (χ2n) is 3.33. The van der Waals surface area contributed by atoms with Crippen LogP contribution in [0, 0.1) is 0 Å². The number of fused-ring (bicyclic) bond motifs is 1. The van der Waals surface area contributed by atoms with Gasteiger partial charge in [0.2, 0.25) is 0 Å². The van der Waals surface area contributed by atoms with E-state index in [4.69, 9.17) is 0 Å². The van der Waals surface area contributed by atoms with Gasteiger partial charge >= 0.3 is 0 Å². The summed E-state index contributed by atoms with van der Waals surface area (Å²) in [6.45, 7) is 0. The Morgan fingerprint density at radius 3 is 2.69 bits per heavy atom. The van der Waals surface area contributed by atoms with Gasteiger partial charge in [-0.1, -0.05) is 56.1 Å². The number of benzene rings is 1. The van der Waals surface area contributed by atoms with Gasteiger partial charge in [-0.2, -0.15) is 0 Å². The summed E-state index contributed by atoms with van der Waals surface area (Å²) in [5.74, 6) is 0.177. The first-order chi connectivity index (χ1) is 6.20. The quantitative estimate of drug-likeness (QED) is 0.791. The second kappa shape index (κ2) is 3.71. The lowest BCUT2D eigenvalue weighted by Gasteiger charge is -2.16. The molecule has 0 spiro atoms. The Morgan fingerprint density at radius 1 is 1.31 bits per heavy atom. The minimum absolute atomic E-state index is 0.152. The summed E-state index contributed by atoms with van der Waals surface area (Å²) in [4.78, 5) is 0. The van der Waals surface area contributed by atoms with E-state index in [1.807, 2.05) is 12.1 Å². The van der Waals surface area contributed by atoms with Gasteiger partial charge in [-0.15, -0.1) is 0 Å². The Bertz CT molecular complexity index is 312. The van der Waals surface area contributed by atoms with Crippen LogP contribution in [0.1, 0.15) is 17.0 Å². The summed E-state index contributed by atoms with van der Waals surface area (Å²) in [5, 5.41) is 9.82. The number of alkyl halides is 2. The summed E-state index contributed by atoms with van der Waals surface area (Å²) in [7, 11) is 0. The third kappa shape index (κ3) is 1.69. The Morgan fingerprint density at radius 2 is 2.00 bits per heavy atom. The zero-order valence-corrected chi connectivity index (χ0v) is 10.1. The maximum absolute atomic E-state index is 9.82. The van der Waals surface area contributed by atoms with Gasteiger partial charge < -0.3 is 5.11 Å². The Labute approximate surface area is 94.4 Å². The van der Waals surface area contributed by atoms with Crippen molar-refractivity contribution in [2.75, 3.05) is 0 Å². The van der Waals surface area contributed by atoms with Gasteiger partial charge in [0.15, 0.2) is 0 Å². The van der Waals surface area contributed by atoms with E-state index in [1.165, 1.54) is 11.1 Å². The van der Waals surface area contributed by atoms with Gasteiger partial charge in [0, 0.05) is 5.92 Å². The molecule has 2 atom stereocenters. The third-order valence-electron chi connectivity index (χ3n) is 2.53. The van der Waals surface area contributed by atoms with E-state index in [2.05, 4.69) is 44.0 Å². The summed E-state index contributed by atoms with van der Waals surface area (Å²) >= 11 is 6.94. The summed E-state index contributed by atoms with van der Waals surface area (Å²) in [5.41, 5.74) is 2.53. The first-order valence-electron chi connectivity index (χ1n) is 4.24. The molecule has 3 heteroatoms. The van der Waals surface area contributed by atoms with Crippen molar-refractivity contribution in [1.29, 1.82) is 0 Å². The number of aliphatic hydroxyl groups is 1. The number of hydrogen-bond donors (Lipinski definition) is 1. The van der Waals surface area contributed by atoms with Crippen molar-refractivity contribution in [3.05, 3.63) is 35.4 Å². The van der Waals surface area contributed by atoms with E-state index in [9.17, 15) is 5.11 Å². The molecule has 0 amide bonds. The van der Waals surface area contributed by atoms with Gasteiger partial charge in [0.25, 0.3) is 0 Å². The molecule has 70 valence electrons. The second-order valence-corrected chi connectivity index (χ2v) is 6.53. The van der Waals surface area contributed by atoms with Crippen LogP contribution in [0.25, 0.3) is 0 Å². The molecule has 2 rings (SSSR count). The standard InChI is InChI=1S/C10H10Br2O/c11-10(12)9-7-4-2-1-3-6(7)5-8(9)13/h1-4,8-10,13H,5H2/t8-,9-/m0/s1. The maximum atomic E-state index is 9.82. The van der Waals surface area contributed by atoms with E-state index in [-0.39, 0.29) is 15.8 Å². The average Bonchev–Trinajstić information content (AvgIpc) is 2.39. The molecule has 1 aliphatic rings.